The van der Waals surface area contributed by atoms with Crippen molar-refractivity contribution in [2.75, 3.05) is 0 Å². The molecular formula is C23H42O4. The van der Waals surface area contributed by atoms with E-state index in [-0.39, 0.29) is 29.8 Å². The molecule has 2 bridgehead atoms. The van der Waals surface area contributed by atoms with Crippen molar-refractivity contribution in [1.82, 2.24) is 0 Å². The number of fused-ring (bicyclic) bond motifs is 2. The lowest BCUT2D eigenvalue weighted by atomic mass is 9.60. The van der Waals surface area contributed by atoms with E-state index < -0.39 is 16.6 Å². The summed E-state index contributed by atoms with van der Waals surface area (Å²) in [6.45, 7) is 14.0. The minimum Gasteiger partial charge on any atom is -0.462 e. The predicted molar refractivity (Wildman–Crippen MR) is 108 cm³/mol. The summed E-state index contributed by atoms with van der Waals surface area (Å²) in [5.74, 6) is 0.397. The lowest BCUT2D eigenvalue weighted by Crippen LogP contribution is -2.55. The van der Waals surface area contributed by atoms with Gasteiger partial charge in [0.05, 0.1) is 16.6 Å². The second-order valence-corrected chi connectivity index (χ2v) is 9.75. The second-order valence-electron chi connectivity index (χ2n) is 9.75. The highest BCUT2D eigenvalue weighted by Crippen LogP contribution is 2.62. The minimum absolute atomic E-state index is 0.0151. The molecule has 2 fully saturated rings. The second kappa shape index (κ2) is 8.02. The van der Waals surface area contributed by atoms with E-state index in [0.717, 1.165) is 19.3 Å². The highest BCUT2D eigenvalue weighted by Gasteiger charge is 2.63. The van der Waals surface area contributed by atoms with Crippen LogP contribution < -0.4 is 0 Å². The van der Waals surface area contributed by atoms with Crippen molar-refractivity contribution in [1.29, 1.82) is 0 Å². The molecule has 0 aromatic rings. The topological polar surface area (TPSA) is 66.8 Å². The number of aliphatic hydroxyl groups is 2. The molecule has 0 aromatic carbocycles. The minimum atomic E-state index is -0.812. The average Bonchev–Trinajstić information content (AvgIpc) is 3.25. The van der Waals surface area contributed by atoms with Gasteiger partial charge in [0, 0.05) is 5.92 Å². The molecule has 27 heavy (non-hydrogen) atoms. The molecule has 0 aromatic heterocycles. The third-order valence-electron chi connectivity index (χ3n) is 8.33. The number of ether oxygens (including phenoxy) is 1. The molecule has 2 N–H and O–H groups in total. The van der Waals surface area contributed by atoms with Gasteiger partial charge in [-0.05, 0) is 76.5 Å². The van der Waals surface area contributed by atoms with E-state index in [9.17, 15) is 15.0 Å². The first-order valence-corrected chi connectivity index (χ1v) is 11.2. The molecule has 158 valence electrons. The molecule has 0 spiro atoms. The van der Waals surface area contributed by atoms with Gasteiger partial charge in [-0.3, -0.25) is 4.79 Å². The van der Waals surface area contributed by atoms with Crippen LogP contribution in [0.4, 0.5) is 0 Å². The van der Waals surface area contributed by atoms with Gasteiger partial charge in [0.25, 0.3) is 0 Å². The maximum atomic E-state index is 12.7. The van der Waals surface area contributed by atoms with E-state index >= 15 is 0 Å². The van der Waals surface area contributed by atoms with Crippen LogP contribution in [0.25, 0.3) is 0 Å². The zero-order chi connectivity index (χ0) is 20.6. The Kier molecular flexibility index (Phi) is 6.74. The summed E-state index contributed by atoms with van der Waals surface area (Å²) in [6, 6.07) is 0. The summed E-state index contributed by atoms with van der Waals surface area (Å²) in [7, 11) is 0. The van der Waals surface area contributed by atoms with Crippen LogP contribution in [0.2, 0.25) is 0 Å². The summed E-state index contributed by atoms with van der Waals surface area (Å²) in [6.07, 6.45) is 5.12. The van der Waals surface area contributed by atoms with Crippen molar-refractivity contribution in [3.63, 3.8) is 0 Å². The van der Waals surface area contributed by atoms with Crippen molar-refractivity contribution in [3.8, 4) is 0 Å². The normalized spacial score (nSPS) is 31.4. The van der Waals surface area contributed by atoms with Crippen LogP contribution in [0, 0.1) is 29.1 Å². The van der Waals surface area contributed by atoms with E-state index in [1.54, 1.807) is 0 Å². The third-order valence-corrected chi connectivity index (χ3v) is 8.33. The Morgan fingerprint density at radius 1 is 0.852 bits per heavy atom. The van der Waals surface area contributed by atoms with Gasteiger partial charge in [-0.25, -0.2) is 0 Å². The number of hydrogen-bond donors (Lipinski definition) is 2. The van der Waals surface area contributed by atoms with E-state index in [0.29, 0.717) is 31.6 Å². The maximum Gasteiger partial charge on any atom is 0.311 e. The molecule has 2 aliphatic rings. The van der Waals surface area contributed by atoms with Gasteiger partial charge in [0.2, 0.25) is 0 Å². The Labute approximate surface area is 166 Å². The molecule has 5 atom stereocenters. The summed E-state index contributed by atoms with van der Waals surface area (Å²) in [5, 5.41) is 22.9. The van der Waals surface area contributed by atoms with E-state index in [2.05, 4.69) is 0 Å². The monoisotopic (exact) mass is 382 g/mol. The molecule has 4 heteroatoms. The summed E-state index contributed by atoms with van der Waals surface area (Å²) in [4.78, 5) is 12.7. The maximum absolute atomic E-state index is 12.7. The predicted octanol–water partition coefficient (Wildman–Crippen LogP) is 4.71. The fourth-order valence-electron chi connectivity index (χ4n) is 5.83. The summed E-state index contributed by atoms with van der Waals surface area (Å²) < 4.78 is 6.01. The molecule has 0 radical (unpaired) electrons. The van der Waals surface area contributed by atoms with Crippen LogP contribution in [-0.2, 0) is 9.53 Å². The van der Waals surface area contributed by atoms with Crippen LogP contribution in [0.1, 0.15) is 93.4 Å². The van der Waals surface area contributed by atoms with Crippen molar-refractivity contribution >= 4 is 5.97 Å². The molecular weight excluding hydrogens is 340 g/mol. The molecule has 0 heterocycles. The van der Waals surface area contributed by atoms with Gasteiger partial charge < -0.3 is 14.9 Å². The number of esters is 1. The van der Waals surface area contributed by atoms with Crippen molar-refractivity contribution < 1.29 is 19.7 Å². The molecule has 4 nitrogen and oxygen atoms in total. The zero-order valence-corrected chi connectivity index (χ0v) is 18.5. The van der Waals surface area contributed by atoms with Crippen LogP contribution >= 0.6 is 0 Å². The molecule has 0 amide bonds. The van der Waals surface area contributed by atoms with Crippen molar-refractivity contribution in [2.45, 2.75) is 111 Å². The molecule has 0 aliphatic heterocycles. The smallest absolute Gasteiger partial charge is 0.311 e. The number of rotatable bonds is 9. The van der Waals surface area contributed by atoms with E-state index in [1.165, 1.54) is 0 Å². The van der Waals surface area contributed by atoms with Crippen LogP contribution in [-0.4, -0.2) is 33.5 Å². The lowest BCUT2D eigenvalue weighted by molar-refractivity contribution is -0.180. The van der Waals surface area contributed by atoms with Crippen molar-refractivity contribution in [2.24, 2.45) is 29.1 Å². The largest absolute Gasteiger partial charge is 0.462 e. The van der Waals surface area contributed by atoms with Gasteiger partial charge in [-0.15, -0.1) is 0 Å². The fraction of sp³-hybridized carbons (Fsp3) is 0.957. The Bertz CT molecular complexity index is 518. The first-order valence-electron chi connectivity index (χ1n) is 11.2. The molecule has 0 saturated heterocycles. The molecule has 5 unspecified atom stereocenters. The van der Waals surface area contributed by atoms with Gasteiger partial charge in [-0.2, -0.15) is 0 Å². The molecule has 2 aliphatic carbocycles. The Balaban J connectivity index is 2.34. The van der Waals surface area contributed by atoms with Gasteiger partial charge >= 0.3 is 5.97 Å². The average molecular weight is 383 g/mol. The highest BCUT2D eigenvalue weighted by molar-refractivity contribution is 5.76. The van der Waals surface area contributed by atoms with Gasteiger partial charge in [-0.1, -0.05) is 34.6 Å². The summed E-state index contributed by atoms with van der Waals surface area (Å²) >= 11 is 0. The van der Waals surface area contributed by atoms with Gasteiger partial charge in [0.1, 0.15) is 6.10 Å². The number of carbonyl (C=O) groups excluding carboxylic acids is 1. The van der Waals surface area contributed by atoms with Crippen molar-refractivity contribution in [3.05, 3.63) is 0 Å². The molecule has 2 saturated carbocycles. The van der Waals surface area contributed by atoms with Crippen LogP contribution in [0.3, 0.4) is 0 Å². The summed E-state index contributed by atoms with van der Waals surface area (Å²) in [5.41, 5.74) is -2.04. The first kappa shape index (κ1) is 22.7. The third kappa shape index (κ3) is 3.81. The standard InChI is InChI=1S/C23H42O4/c1-8-21(6,7)20(24)27-17-14-15-13-16(17)19(23(26,11-4)12-5)18(15)22(25,9-2)10-3/h15-19,25-26H,8-14H2,1-7H3. The van der Waals surface area contributed by atoms with Gasteiger partial charge in [0.15, 0.2) is 0 Å². The molecule has 2 rings (SSSR count). The van der Waals surface area contributed by atoms with Crippen LogP contribution in [0.5, 0.6) is 0 Å². The fourth-order valence-corrected chi connectivity index (χ4v) is 5.83. The Hall–Kier alpha value is -0.610. The first-order chi connectivity index (χ1) is 12.5. The highest BCUT2D eigenvalue weighted by atomic mass is 16.5. The van der Waals surface area contributed by atoms with E-state index in [1.807, 2.05) is 48.5 Å². The lowest BCUT2D eigenvalue weighted by Gasteiger charge is -2.50. The number of carbonyl (C=O) groups is 1. The Morgan fingerprint density at radius 2 is 1.33 bits per heavy atom. The Morgan fingerprint density at radius 3 is 1.78 bits per heavy atom. The number of hydrogen-bond acceptors (Lipinski definition) is 4. The zero-order valence-electron chi connectivity index (χ0n) is 18.5. The SMILES string of the molecule is CCC(C)(C)C(=O)OC1CC2CC1C(C(O)(CC)CC)C2C(O)(CC)CC. The van der Waals surface area contributed by atoms with E-state index in [4.69, 9.17) is 4.74 Å². The van der Waals surface area contributed by atoms with Crippen LogP contribution in [0.15, 0.2) is 0 Å². The quantitative estimate of drug-likeness (QED) is 0.567.